The Bertz CT molecular complexity index is 767. The van der Waals surface area contributed by atoms with Crippen molar-refractivity contribution in [3.05, 3.63) is 44.8 Å². The van der Waals surface area contributed by atoms with Gasteiger partial charge in [-0.2, -0.15) is 0 Å². The van der Waals surface area contributed by atoms with Crippen molar-refractivity contribution in [2.75, 3.05) is 13.2 Å². The van der Waals surface area contributed by atoms with Crippen molar-refractivity contribution in [3.63, 3.8) is 0 Å². The average Bonchev–Trinajstić information content (AvgIpc) is 3.31. The van der Waals surface area contributed by atoms with E-state index in [9.17, 15) is 14.4 Å². The zero-order valence-corrected chi connectivity index (χ0v) is 16.1. The molecule has 0 aliphatic carbocycles. The van der Waals surface area contributed by atoms with E-state index in [1.807, 2.05) is 35.0 Å². The predicted octanol–water partition coefficient (Wildman–Crippen LogP) is 2.53. The largest absolute Gasteiger partial charge is 0.452 e. The smallest absolute Gasteiger partial charge is 0.340 e. The van der Waals surface area contributed by atoms with Gasteiger partial charge in [0.15, 0.2) is 6.61 Å². The van der Waals surface area contributed by atoms with Gasteiger partial charge < -0.3 is 15.4 Å². The van der Waals surface area contributed by atoms with Crippen LogP contribution in [0.4, 0.5) is 0 Å². The molecule has 2 aromatic rings. The van der Waals surface area contributed by atoms with E-state index in [0.29, 0.717) is 12.1 Å². The summed E-state index contributed by atoms with van der Waals surface area (Å²) in [6, 6.07) is 6.76. The lowest BCUT2D eigenvalue weighted by Gasteiger charge is -2.13. The molecule has 2 amide bonds. The van der Waals surface area contributed by atoms with Crippen LogP contribution in [0.25, 0.3) is 11.6 Å². The molecule has 0 spiro atoms. The summed E-state index contributed by atoms with van der Waals surface area (Å²) in [6.45, 7) is 3.39. The van der Waals surface area contributed by atoms with Crippen LogP contribution in [0.3, 0.4) is 0 Å². The summed E-state index contributed by atoms with van der Waals surface area (Å²) in [5.41, 5.74) is 0.395. The predicted molar refractivity (Wildman–Crippen MR) is 104 cm³/mol. The molecule has 8 heteroatoms. The second kappa shape index (κ2) is 9.88. The monoisotopic (exact) mass is 392 g/mol. The minimum Gasteiger partial charge on any atom is -0.452 e. The third-order valence-corrected chi connectivity index (χ3v) is 5.01. The van der Waals surface area contributed by atoms with Crippen LogP contribution in [0, 0.1) is 0 Å². The first kappa shape index (κ1) is 19.9. The van der Waals surface area contributed by atoms with Gasteiger partial charge in [0.05, 0.1) is 5.57 Å². The summed E-state index contributed by atoms with van der Waals surface area (Å²) in [5, 5.41) is 8.89. The molecule has 138 valence electrons. The van der Waals surface area contributed by atoms with E-state index in [1.165, 1.54) is 22.7 Å². The number of ether oxygens (including phenoxy) is 1. The van der Waals surface area contributed by atoms with Crippen LogP contribution in [-0.4, -0.2) is 37.0 Å². The molecule has 6 nitrogen and oxygen atoms in total. The topological polar surface area (TPSA) is 84.5 Å². The number of carbonyl (C=O) groups is 3. The number of hydrogen-bond acceptors (Lipinski definition) is 6. The van der Waals surface area contributed by atoms with Gasteiger partial charge in [0.25, 0.3) is 5.91 Å². The first-order valence-corrected chi connectivity index (χ1v) is 9.80. The van der Waals surface area contributed by atoms with Gasteiger partial charge in [-0.3, -0.25) is 9.59 Å². The average molecular weight is 393 g/mol. The number of esters is 1. The number of rotatable bonds is 8. The van der Waals surface area contributed by atoms with Crippen LogP contribution in [0.1, 0.15) is 23.6 Å². The molecule has 0 aliphatic rings. The van der Waals surface area contributed by atoms with Gasteiger partial charge in [0.1, 0.15) is 6.04 Å². The Morgan fingerprint density at radius 1 is 1.19 bits per heavy atom. The van der Waals surface area contributed by atoms with E-state index in [2.05, 4.69) is 10.6 Å². The fourth-order valence-corrected chi connectivity index (χ4v) is 3.45. The van der Waals surface area contributed by atoms with E-state index >= 15 is 0 Å². The summed E-state index contributed by atoms with van der Waals surface area (Å²) in [6.07, 6.45) is 1.74. The van der Waals surface area contributed by atoms with Gasteiger partial charge in [-0.1, -0.05) is 12.1 Å². The van der Waals surface area contributed by atoms with Gasteiger partial charge in [-0.15, -0.1) is 22.7 Å². The van der Waals surface area contributed by atoms with Crippen molar-refractivity contribution in [3.8, 4) is 0 Å². The number of hydrogen-bond donors (Lipinski definition) is 2. The summed E-state index contributed by atoms with van der Waals surface area (Å²) >= 11 is 2.92. The van der Waals surface area contributed by atoms with E-state index in [4.69, 9.17) is 4.74 Å². The quantitative estimate of drug-likeness (QED) is 0.534. The van der Waals surface area contributed by atoms with Crippen molar-refractivity contribution in [2.45, 2.75) is 19.9 Å². The minimum absolute atomic E-state index is 0.288. The Kier molecular flexibility index (Phi) is 7.55. The molecule has 0 aliphatic heterocycles. The molecule has 0 aromatic carbocycles. The first-order chi connectivity index (χ1) is 12.5. The van der Waals surface area contributed by atoms with E-state index in [0.717, 1.165) is 9.75 Å². The van der Waals surface area contributed by atoms with Crippen LogP contribution < -0.4 is 10.6 Å². The Labute approximate surface area is 159 Å². The highest BCUT2D eigenvalue weighted by atomic mass is 32.1. The first-order valence-electron chi connectivity index (χ1n) is 8.04. The van der Waals surface area contributed by atoms with Crippen LogP contribution in [0.15, 0.2) is 35.0 Å². The van der Waals surface area contributed by atoms with Gasteiger partial charge in [-0.25, -0.2) is 4.79 Å². The van der Waals surface area contributed by atoms with Crippen molar-refractivity contribution < 1.29 is 19.1 Å². The summed E-state index contributed by atoms with van der Waals surface area (Å²) in [7, 11) is 0. The van der Waals surface area contributed by atoms with E-state index < -0.39 is 24.5 Å². The minimum atomic E-state index is -0.695. The molecule has 2 heterocycles. The Balaban J connectivity index is 1.98. The molecule has 0 bridgehead atoms. The summed E-state index contributed by atoms with van der Waals surface area (Å²) in [4.78, 5) is 37.7. The van der Waals surface area contributed by atoms with Crippen LogP contribution >= 0.6 is 22.7 Å². The highest BCUT2D eigenvalue weighted by Crippen LogP contribution is 2.25. The fourth-order valence-electron chi connectivity index (χ4n) is 2.06. The van der Waals surface area contributed by atoms with Crippen LogP contribution in [0.2, 0.25) is 0 Å². The van der Waals surface area contributed by atoms with Crippen molar-refractivity contribution in [1.29, 1.82) is 0 Å². The van der Waals surface area contributed by atoms with Crippen molar-refractivity contribution in [1.82, 2.24) is 10.6 Å². The Hall–Kier alpha value is -2.45. The second-order valence-electron chi connectivity index (χ2n) is 5.31. The van der Waals surface area contributed by atoms with E-state index in [-0.39, 0.29) is 5.91 Å². The van der Waals surface area contributed by atoms with Crippen LogP contribution in [0.5, 0.6) is 0 Å². The lowest BCUT2D eigenvalue weighted by Crippen LogP contribution is -2.46. The number of thiophene rings is 2. The Morgan fingerprint density at radius 2 is 1.92 bits per heavy atom. The molecule has 0 radical (unpaired) electrons. The third-order valence-electron chi connectivity index (χ3n) is 3.29. The molecular weight excluding hydrogens is 372 g/mol. The third kappa shape index (κ3) is 5.82. The molecule has 26 heavy (non-hydrogen) atoms. The van der Waals surface area contributed by atoms with Crippen LogP contribution in [-0.2, 0) is 19.1 Å². The lowest BCUT2D eigenvalue weighted by molar-refractivity contribution is -0.143. The molecular formula is C18H20N2O4S2. The van der Waals surface area contributed by atoms with E-state index in [1.54, 1.807) is 19.9 Å². The molecule has 0 fully saturated rings. The molecule has 2 N–H and O–H groups in total. The van der Waals surface area contributed by atoms with Gasteiger partial charge in [0, 0.05) is 16.3 Å². The molecule has 0 unspecified atom stereocenters. The lowest BCUT2D eigenvalue weighted by atomic mass is 10.2. The molecule has 0 saturated carbocycles. The van der Waals surface area contributed by atoms with Gasteiger partial charge in [0.2, 0.25) is 5.91 Å². The molecule has 2 aromatic heterocycles. The second-order valence-corrected chi connectivity index (χ2v) is 7.24. The number of nitrogens with one attached hydrogen (secondary N) is 2. The zero-order chi connectivity index (χ0) is 18.9. The highest BCUT2D eigenvalue weighted by molar-refractivity contribution is 7.12. The molecule has 1 atom stereocenters. The fraction of sp³-hybridized carbons (Fsp3) is 0.278. The van der Waals surface area contributed by atoms with Gasteiger partial charge in [-0.05, 0) is 42.8 Å². The SMILES string of the molecule is CCNC(=O)[C@@H](C)NC(=O)COC(=O)/C(=C/c1cccs1)c1cccs1. The number of carbonyl (C=O) groups excluding carboxylic acids is 3. The number of likely N-dealkylation sites (N-methyl/N-ethyl adjacent to an activating group) is 1. The Morgan fingerprint density at radius 3 is 2.54 bits per heavy atom. The molecule has 0 saturated heterocycles. The maximum atomic E-state index is 12.5. The van der Waals surface area contributed by atoms with Gasteiger partial charge >= 0.3 is 5.97 Å². The highest BCUT2D eigenvalue weighted by Gasteiger charge is 2.19. The standard InChI is InChI=1S/C18H20N2O4S2/c1-3-19-17(22)12(2)20-16(21)11-24-18(23)14(15-7-5-9-26-15)10-13-6-4-8-25-13/h4-10,12H,3,11H2,1-2H3,(H,19,22)(H,20,21)/b14-10+/t12-/m1/s1. The van der Waals surface area contributed by atoms with Crippen molar-refractivity contribution in [2.24, 2.45) is 0 Å². The number of amides is 2. The maximum Gasteiger partial charge on any atom is 0.340 e. The summed E-state index contributed by atoms with van der Waals surface area (Å²) in [5.74, 6) is -1.40. The maximum absolute atomic E-state index is 12.5. The molecule has 2 rings (SSSR count). The van der Waals surface area contributed by atoms with Crippen molar-refractivity contribution >= 4 is 52.1 Å². The summed E-state index contributed by atoms with van der Waals surface area (Å²) < 4.78 is 5.14. The normalized spacial score (nSPS) is 12.3. The zero-order valence-electron chi connectivity index (χ0n) is 14.5.